The standard InChI is InChI=1S/C16H17ClN2O2S/c1-9-7-12(11(3)22-9)16(21)18-8-15(20)19-14-6-4-5-13(17)10(14)2/h4-7H,8H2,1-3H3,(H,18,21)(H,19,20). The molecule has 1 heterocycles. The molecule has 0 bridgehead atoms. The van der Waals surface area contributed by atoms with E-state index < -0.39 is 0 Å². The minimum absolute atomic E-state index is 0.0842. The first kappa shape index (κ1) is 16.5. The Morgan fingerprint density at radius 2 is 1.95 bits per heavy atom. The summed E-state index contributed by atoms with van der Waals surface area (Å²) >= 11 is 7.57. The number of halogens is 1. The van der Waals surface area contributed by atoms with Gasteiger partial charge in [-0.25, -0.2) is 0 Å². The Balaban J connectivity index is 1.94. The summed E-state index contributed by atoms with van der Waals surface area (Å²) in [5.74, 6) is -0.525. The lowest BCUT2D eigenvalue weighted by Crippen LogP contribution is -2.33. The van der Waals surface area contributed by atoms with Gasteiger partial charge >= 0.3 is 0 Å². The first-order chi connectivity index (χ1) is 10.4. The van der Waals surface area contributed by atoms with Crippen LogP contribution in [0.3, 0.4) is 0 Å². The molecular weight excluding hydrogens is 320 g/mol. The van der Waals surface area contributed by atoms with E-state index in [1.165, 1.54) is 0 Å². The summed E-state index contributed by atoms with van der Waals surface area (Å²) in [5.41, 5.74) is 2.07. The van der Waals surface area contributed by atoms with Crippen LogP contribution >= 0.6 is 22.9 Å². The molecule has 0 spiro atoms. The average molecular weight is 337 g/mol. The van der Waals surface area contributed by atoms with Crippen LogP contribution in [0.15, 0.2) is 24.3 Å². The van der Waals surface area contributed by atoms with Crippen molar-refractivity contribution in [3.8, 4) is 0 Å². The molecular formula is C16H17ClN2O2S. The van der Waals surface area contributed by atoms with Gasteiger partial charge in [0.15, 0.2) is 0 Å². The van der Waals surface area contributed by atoms with Gasteiger partial charge in [-0.15, -0.1) is 11.3 Å². The molecule has 4 nitrogen and oxygen atoms in total. The van der Waals surface area contributed by atoms with E-state index in [-0.39, 0.29) is 18.4 Å². The number of benzene rings is 1. The molecule has 0 fully saturated rings. The van der Waals surface area contributed by atoms with Crippen LogP contribution in [0.2, 0.25) is 5.02 Å². The Kier molecular flexibility index (Phi) is 5.21. The highest BCUT2D eigenvalue weighted by molar-refractivity contribution is 7.12. The Hall–Kier alpha value is -1.85. The number of amides is 2. The lowest BCUT2D eigenvalue weighted by molar-refractivity contribution is -0.115. The van der Waals surface area contributed by atoms with E-state index in [0.717, 1.165) is 15.3 Å². The lowest BCUT2D eigenvalue weighted by Gasteiger charge is -2.10. The van der Waals surface area contributed by atoms with Crippen LogP contribution in [0.1, 0.15) is 25.7 Å². The molecule has 0 atom stereocenters. The number of hydrogen-bond donors (Lipinski definition) is 2. The number of aryl methyl sites for hydroxylation is 2. The van der Waals surface area contributed by atoms with E-state index >= 15 is 0 Å². The predicted molar refractivity (Wildman–Crippen MR) is 90.9 cm³/mol. The maximum absolute atomic E-state index is 12.1. The summed E-state index contributed by atoms with van der Waals surface area (Å²) in [4.78, 5) is 26.0. The third-order valence-corrected chi connectivity index (χ3v) is 4.61. The SMILES string of the molecule is Cc1cc(C(=O)NCC(=O)Nc2cccc(Cl)c2C)c(C)s1. The zero-order valence-electron chi connectivity index (χ0n) is 12.6. The van der Waals surface area contributed by atoms with Gasteiger partial charge in [0.05, 0.1) is 12.1 Å². The van der Waals surface area contributed by atoms with E-state index in [9.17, 15) is 9.59 Å². The number of carbonyl (C=O) groups is 2. The van der Waals surface area contributed by atoms with Crippen LogP contribution in [0, 0.1) is 20.8 Å². The van der Waals surface area contributed by atoms with Gasteiger partial charge in [0, 0.05) is 20.5 Å². The van der Waals surface area contributed by atoms with E-state index in [1.807, 2.05) is 26.8 Å². The van der Waals surface area contributed by atoms with Crippen molar-refractivity contribution in [2.24, 2.45) is 0 Å². The first-order valence-corrected chi connectivity index (χ1v) is 7.98. The molecule has 0 aliphatic rings. The van der Waals surface area contributed by atoms with E-state index in [2.05, 4.69) is 10.6 Å². The second-order valence-corrected chi connectivity index (χ2v) is 6.84. The number of anilines is 1. The van der Waals surface area contributed by atoms with Crippen LogP contribution in [-0.2, 0) is 4.79 Å². The molecule has 2 N–H and O–H groups in total. The zero-order valence-corrected chi connectivity index (χ0v) is 14.2. The quantitative estimate of drug-likeness (QED) is 0.894. The minimum Gasteiger partial charge on any atom is -0.343 e. The number of carbonyl (C=O) groups excluding carboxylic acids is 2. The molecule has 0 saturated heterocycles. The number of thiophene rings is 1. The molecule has 6 heteroatoms. The smallest absolute Gasteiger partial charge is 0.252 e. The van der Waals surface area contributed by atoms with Crippen molar-refractivity contribution in [2.75, 3.05) is 11.9 Å². The molecule has 0 unspecified atom stereocenters. The van der Waals surface area contributed by atoms with E-state index in [0.29, 0.717) is 16.3 Å². The second-order valence-electron chi connectivity index (χ2n) is 4.97. The Morgan fingerprint density at radius 3 is 2.59 bits per heavy atom. The number of rotatable bonds is 4. The highest BCUT2D eigenvalue weighted by atomic mass is 35.5. The Bertz CT molecular complexity index is 725. The molecule has 1 aromatic heterocycles. The topological polar surface area (TPSA) is 58.2 Å². The van der Waals surface area contributed by atoms with Gasteiger partial charge in [0.1, 0.15) is 0 Å². The maximum atomic E-state index is 12.1. The molecule has 22 heavy (non-hydrogen) atoms. The molecule has 0 radical (unpaired) electrons. The normalized spacial score (nSPS) is 10.4. The highest BCUT2D eigenvalue weighted by Crippen LogP contribution is 2.23. The Labute approximate surface area is 138 Å². The maximum Gasteiger partial charge on any atom is 0.252 e. The second kappa shape index (κ2) is 6.94. The summed E-state index contributed by atoms with van der Waals surface area (Å²) in [6.45, 7) is 5.58. The fourth-order valence-corrected chi connectivity index (χ4v) is 3.15. The lowest BCUT2D eigenvalue weighted by atomic mass is 10.2. The fourth-order valence-electron chi connectivity index (χ4n) is 2.05. The first-order valence-electron chi connectivity index (χ1n) is 6.78. The van der Waals surface area contributed by atoms with Crippen molar-refractivity contribution in [3.05, 3.63) is 50.2 Å². The molecule has 2 rings (SSSR count). The van der Waals surface area contributed by atoms with Crippen LogP contribution < -0.4 is 10.6 Å². The monoisotopic (exact) mass is 336 g/mol. The number of nitrogens with one attached hydrogen (secondary N) is 2. The van der Waals surface area contributed by atoms with E-state index in [1.54, 1.807) is 29.5 Å². The third kappa shape index (κ3) is 3.87. The molecule has 116 valence electrons. The third-order valence-electron chi connectivity index (χ3n) is 3.24. The van der Waals surface area contributed by atoms with Crippen molar-refractivity contribution in [2.45, 2.75) is 20.8 Å². The van der Waals surface area contributed by atoms with Crippen LogP contribution in [0.25, 0.3) is 0 Å². The average Bonchev–Trinajstić information content (AvgIpc) is 2.80. The molecule has 0 saturated carbocycles. The van der Waals surface area contributed by atoms with Gasteiger partial charge in [-0.3, -0.25) is 9.59 Å². The van der Waals surface area contributed by atoms with Crippen LogP contribution in [0.4, 0.5) is 5.69 Å². The Morgan fingerprint density at radius 1 is 1.23 bits per heavy atom. The molecule has 2 aromatic rings. The van der Waals surface area contributed by atoms with Crippen LogP contribution in [0.5, 0.6) is 0 Å². The van der Waals surface area contributed by atoms with Gasteiger partial charge in [0.2, 0.25) is 5.91 Å². The van der Waals surface area contributed by atoms with Gasteiger partial charge in [-0.1, -0.05) is 17.7 Å². The summed E-state index contributed by atoms with van der Waals surface area (Å²) in [5, 5.41) is 5.96. The summed E-state index contributed by atoms with van der Waals surface area (Å²) < 4.78 is 0. The van der Waals surface area contributed by atoms with E-state index in [4.69, 9.17) is 11.6 Å². The van der Waals surface area contributed by atoms with Crippen LogP contribution in [-0.4, -0.2) is 18.4 Å². The molecule has 0 aliphatic carbocycles. The number of hydrogen-bond acceptors (Lipinski definition) is 3. The van der Waals surface area contributed by atoms with Crippen molar-refractivity contribution in [3.63, 3.8) is 0 Å². The van der Waals surface area contributed by atoms with Crippen molar-refractivity contribution in [1.82, 2.24) is 5.32 Å². The molecule has 2 amide bonds. The van der Waals surface area contributed by atoms with Crippen molar-refractivity contribution >= 4 is 40.4 Å². The molecule has 0 aliphatic heterocycles. The molecule has 1 aromatic carbocycles. The highest BCUT2D eigenvalue weighted by Gasteiger charge is 2.13. The minimum atomic E-state index is -0.289. The van der Waals surface area contributed by atoms with Gasteiger partial charge in [-0.2, -0.15) is 0 Å². The largest absolute Gasteiger partial charge is 0.343 e. The van der Waals surface area contributed by atoms with Gasteiger partial charge in [-0.05, 0) is 44.5 Å². The summed E-state index contributed by atoms with van der Waals surface area (Å²) in [6.07, 6.45) is 0. The van der Waals surface area contributed by atoms with Gasteiger partial charge in [0.25, 0.3) is 5.91 Å². The van der Waals surface area contributed by atoms with Crippen molar-refractivity contribution < 1.29 is 9.59 Å². The summed E-state index contributed by atoms with van der Waals surface area (Å²) in [6, 6.07) is 7.12. The van der Waals surface area contributed by atoms with Gasteiger partial charge < -0.3 is 10.6 Å². The predicted octanol–water partition coefficient (Wildman–Crippen LogP) is 3.70. The zero-order chi connectivity index (χ0) is 16.3. The summed E-state index contributed by atoms with van der Waals surface area (Å²) in [7, 11) is 0. The fraction of sp³-hybridized carbons (Fsp3) is 0.250. The van der Waals surface area contributed by atoms with Crippen molar-refractivity contribution in [1.29, 1.82) is 0 Å².